The van der Waals surface area contributed by atoms with Gasteiger partial charge in [-0.2, -0.15) is 0 Å². The molecule has 1 rings (SSSR count). The lowest BCUT2D eigenvalue weighted by molar-refractivity contribution is 0.862. The van der Waals surface area contributed by atoms with Crippen LogP contribution in [0.1, 0.15) is 19.3 Å². The van der Waals surface area contributed by atoms with E-state index in [1.165, 1.54) is 11.1 Å². The molecule has 0 N–H and O–H groups in total. The van der Waals surface area contributed by atoms with Crippen LogP contribution in [0.4, 0.5) is 0 Å². The van der Waals surface area contributed by atoms with E-state index in [1.807, 2.05) is 0 Å². The van der Waals surface area contributed by atoms with Crippen LogP contribution in [0.25, 0.3) is 0 Å². The van der Waals surface area contributed by atoms with Crippen molar-refractivity contribution in [2.24, 2.45) is 0 Å². The van der Waals surface area contributed by atoms with Crippen LogP contribution >= 0.6 is 0 Å². The van der Waals surface area contributed by atoms with E-state index in [0.717, 1.165) is 19.3 Å². The van der Waals surface area contributed by atoms with Gasteiger partial charge in [-0.3, -0.25) is 0 Å². The Balaban J connectivity index is 2.45. The maximum absolute atomic E-state index is 3.87. The van der Waals surface area contributed by atoms with E-state index < -0.39 is 0 Å². The Bertz CT molecular complexity index is 106. The lowest BCUT2D eigenvalue weighted by Crippen LogP contribution is -1.94. The summed E-state index contributed by atoms with van der Waals surface area (Å²) >= 11 is 0. The van der Waals surface area contributed by atoms with E-state index in [1.54, 1.807) is 0 Å². The Hall–Kier alpha value is -0.520. The molecule has 1 aliphatic rings. The van der Waals surface area contributed by atoms with Gasteiger partial charge in [-0.1, -0.05) is 24.3 Å². The molecule has 0 heterocycles. The van der Waals surface area contributed by atoms with E-state index >= 15 is 0 Å². The van der Waals surface area contributed by atoms with Crippen molar-refractivity contribution in [2.75, 3.05) is 0 Å². The topological polar surface area (TPSA) is 0 Å². The first-order valence-corrected chi connectivity index (χ1v) is 2.94. The van der Waals surface area contributed by atoms with Crippen molar-refractivity contribution in [1.82, 2.24) is 0 Å². The smallest absolute Gasteiger partial charge is 0.0114 e. The van der Waals surface area contributed by atoms with Gasteiger partial charge in [-0.25, -0.2) is 0 Å². The molecule has 0 atom stereocenters. The van der Waals surface area contributed by atoms with Crippen molar-refractivity contribution >= 4 is 0 Å². The van der Waals surface area contributed by atoms with Crippen molar-refractivity contribution in [3.63, 3.8) is 0 Å². The second-order valence-electron chi connectivity index (χ2n) is 2.37. The van der Waals surface area contributed by atoms with Crippen molar-refractivity contribution in [2.45, 2.75) is 19.3 Å². The Morgan fingerprint density at radius 2 is 1.62 bits per heavy atom. The van der Waals surface area contributed by atoms with Gasteiger partial charge in [-0.15, -0.1) is 0 Å². The molecule has 0 saturated heterocycles. The summed E-state index contributed by atoms with van der Waals surface area (Å²) < 4.78 is 0. The van der Waals surface area contributed by atoms with Gasteiger partial charge in [-0.05, 0) is 25.7 Å². The van der Waals surface area contributed by atoms with Crippen LogP contribution in [0.5, 0.6) is 0 Å². The highest BCUT2D eigenvalue weighted by Crippen LogP contribution is 2.23. The minimum absolute atomic E-state index is 1.05. The molecular formula is C8H11. The molecule has 0 unspecified atom stereocenters. The van der Waals surface area contributed by atoms with Crippen molar-refractivity contribution in [3.05, 3.63) is 30.7 Å². The number of hydrogen-bond acceptors (Lipinski definition) is 0. The van der Waals surface area contributed by atoms with Crippen molar-refractivity contribution in [1.29, 1.82) is 0 Å². The first kappa shape index (κ1) is 5.61. The highest BCUT2D eigenvalue weighted by atomic mass is 14.1. The number of allylic oxidation sites excluding steroid dienone is 2. The summed E-state index contributed by atoms with van der Waals surface area (Å²) in [5.41, 5.74) is 2.61. The Morgan fingerprint density at radius 1 is 1.12 bits per heavy atom. The average molecular weight is 107 g/mol. The fourth-order valence-corrected chi connectivity index (χ4v) is 0.978. The molecular weight excluding hydrogens is 96.1 g/mol. The minimum atomic E-state index is 1.05. The second kappa shape index (κ2) is 2.17. The average Bonchev–Trinajstić information content (AvgIpc) is 1.64. The molecule has 1 aliphatic carbocycles. The van der Waals surface area contributed by atoms with Gasteiger partial charge < -0.3 is 0 Å². The molecule has 0 spiro atoms. The summed E-state index contributed by atoms with van der Waals surface area (Å²) in [6, 6.07) is 0. The zero-order chi connectivity index (χ0) is 5.98. The Labute approximate surface area is 50.9 Å². The molecule has 1 saturated carbocycles. The molecule has 0 aliphatic heterocycles. The molecule has 0 aromatic heterocycles. The Morgan fingerprint density at radius 3 is 1.88 bits per heavy atom. The van der Waals surface area contributed by atoms with Gasteiger partial charge in [0.1, 0.15) is 0 Å². The maximum atomic E-state index is 3.87. The minimum Gasteiger partial charge on any atom is -0.0995 e. The lowest BCUT2D eigenvalue weighted by Gasteiger charge is -2.13. The maximum Gasteiger partial charge on any atom is -0.0114 e. The molecule has 0 aromatic rings. The zero-order valence-electron chi connectivity index (χ0n) is 5.11. The normalized spacial score (nSPS) is 21.5. The van der Waals surface area contributed by atoms with Gasteiger partial charge in [0.2, 0.25) is 0 Å². The summed E-state index contributed by atoms with van der Waals surface area (Å²) in [4.78, 5) is 0. The van der Waals surface area contributed by atoms with Crippen LogP contribution in [0.2, 0.25) is 0 Å². The summed E-state index contributed by atoms with van der Waals surface area (Å²) in [5.74, 6) is 0. The molecule has 1 fully saturated rings. The molecule has 0 bridgehead atoms. The fourth-order valence-electron chi connectivity index (χ4n) is 0.978. The fraction of sp³-hybridized carbons (Fsp3) is 0.375. The summed E-state index contributed by atoms with van der Waals surface area (Å²) in [7, 11) is 0. The van der Waals surface area contributed by atoms with Crippen LogP contribution < -0.4 is 0 Å². The van der Waals surface area contributed by atoms with Crippen LogP contribution in [0.15, 0.2) is 24.3 Å². The van der Waals surface area contributed by atoms with Gasteiger partial charge >= 0.3 is 0 Å². The first-order valence-electron chi connectivity index (χ1n) is 2.94. The third-order valence-corrected chi connectivity index (χ3v) is 1.37. The van der Waals surface area contributed by atoms with Crippen LogP contribution in [-0.2, 0) is 0 Å². The lowest BCUT2D eigenvalue weighted by atomic mass is 9.93. The monoisotopic (exact) mass is 107 g/mol. The van der Waals surface area contributed by atoms with Gasteiger partial charge in [0.25, 0.3) is 0 Å². The van der Waals surface area contributed by atoms with Crippen LogP contribution in [0, 0.1) is 6.42 Å². The highest BCUT2D eigenvalue weighted by Gasteiger charge is 2.04. The van der Waals surface area contributed by atoms with Crippen LogP contribution in [0.3, 0.4) is 0 Å². The largest absolute Gasteiger partial charge is 0.0995 e. The summed E-state index contributed by atoms with van der Waals surface area (Å²) in [5, 5.41) is 0. The molecule has 0 aromatic carbocycles. The van der Waals surface area contributed by atoms with E-state index in [0.29, 0.717) is 0 Å². The molecule has 0 heteroatoms. The Kier molecular flexibility index (Phi) is 1.52. The highest BCUT2D eigenvalue weighted by molar-refractivity contribution is 5.18. The molecule has 0 amide bonds. The summed E-state index contributed by atoms with van der Waals surface area (Å²) in [6.45, 7) is 7.74. The zero-order valence-corrected chi connectivity index (χ0v) is 5.11. The summed E-state index contributed by atoms with van der Waals surface area (Å²) in [6.07, 6.45) is 5.47. The third-order valence-electron chi connectivity index (χ3n) is 1.37. The second-order valence-corrected chi connectivity index (χ2v) is 2.37. The predicted molar refractivity (Wildman–Crippen MR) is 36.4 cm³/mol. The van der Waals surface area contributed by atoms with Crippen LogP contribution in [-0.4, -0.2) is 0 Å². The standard InChI is InChI=1S/C8H11/c1-7-4-3-5-8(2)6-7/h3H,1-2,4-6H2. The SMILES string of the molecule is C=C1C[CH]CC(=C)C1. The molecule has 8 heavy (non-hydrogen) atoms. The van der Waals surface area contributed by atoms with Gasteiger partial charge in [0.15, 0.2) is 0 Å². The number of hydrogen-bond donors (Lipinski definition) is 0. The predicted octanol–water partition coefficient (Wildman–Crippen LogP) is 2.49. The van der Waals surface area contributed by atoms with Gasteiger partial charge in [0.05, 0.1) is 0 Å². The van der Waals surface area contributed by atoms with E-state index in [-0.39, 0.29) is 0 Å². The first-order chi connectivity index (χ1) is 3.79. The molecule has 0 nitrogen and oxygen atoms in total. The molecule has 1 radical (unpaired) electrons. The van der Waals surface area contributed by atoms with E-state index in [9.17, 15) is 0 Å². The van der Waals surface area contributed by atoms with E-state index in [4.69, 9.17) is 0 Å². The molecule has 43 valence electrons. The van der Waals surface area contributed by atoms with E-state index in [2.05, 4.69) is 19.6 Å². The van der Waals surface area contributed by atoms with Gasteiger partial charge in [0, 0.05) is 0 Å². The third kappa shape index (κ3) is 1.22. The number of rotatable bonds is 0. The quantitative estimate of drug-likeness (QED) is 0.417. The van der Waals surface area contributed by atoms with Crippen molar-refractivity contribution in [3.8, 4) is 0 Å². The van der Waals surface area contributed by atoms with Crippen molar-refractivity contribution < 1.29 is 0 Å².